The lowest BCUT2D eigenvalue weighted by Gasteiger charge is -2.13. The Bertz CT molecular complexity index is 626. The van der Waals surface area contributed by atoms with Gasteiger partial charge in [-0.1, -0.05) is 13.8 Å². The minimum Gasteiger partial charge on any atom is -0.437 e. The number of rotatable bonds is 4. The topological polar surface area (TPSA) is 73.9 Å². The Balaban J connectivity index is 2.42. The molecule has 106 valence electrons. The monoisotopic (exact) mass is 272 g/mol. The first kappa shape index (κ1) is 14.2. The summed E-state index contributed by atoms with van der Waals surface area (Å²) in [7, 11) is 0. The van der Waals surface area contributed by atoms with Crippen LogP contribution in [-0.4, -0.2) is 15.0 Å². The Labute approximate surface area is 119 Å². The van der Waals surface area contributed by atoms with Crippen molar-refractivity contribution in [3.05, 3.63) is 34.9 Å². The summed E-state index contributed by atoms with van der Waals surface area (Å²) in [5, 5.41) is 0. The molecule has 0 atom stereocenters. The van der Waals surface area contributed by atoms with Gasteiger partial charge in [-0.15, -0.1) is 0 Å². The van der Waals surface area contributed by atoms with E-state index in [1.807, 2.05) is 39.8 Å². The van der Waals surface area contributed by atoms with Crippen LogP contribution in [0.3, 0.4) is 0 Å². The number of hydrogen-bond donors (Lipinski definition) is 1. The van der Waals surface area contributed by atoms with Crippen LogP contribution in [0.2, 0.25) is 0 Å². The van der Waals surface area contributed by atoms with E-state index in [4.69, 9.17) is 10.5 Å². The predicted molar refractivity (Wildman–Crippen MR) is 79.0 cm³/mol. The Kier molecular flexibility index (Phi) is 4.17. The first-order valence-electron chi connectivity index (χ1n) is 6.82. The molecule has 0 saturated heterocycles. The number of aromatic nitrogens is 3. The van der Waals surface area contributed by atoms with Gasteiger partial charge in [0.2, 0.25) is 5.88 Å². The number of aryl methyl sites for hydroxylation is 3. The number of hydrogen-bond acceptors (Lipinski definition) is 5. The summed E-state index contributed by atoms with van der Waals surface area (Å²) >= 11 is 0. The van der Waals surface area contributed by atoms with Crippen LogP contribution in [0.15, 0.2) is 12.1 Å². The van der Waals surface area contributed by atoms with E-state index < -0.39 is 0 Å². The van der Waals surface area contributed by atoms with Gasteiger partial charge in [-0.25, -0.2) is 4.98 Å². The summed E-state index contributed by atoms with van der Waals surface area (Å²) in [5.74, 6) is 2.38. The molecule has 0 saturated carbocycles. The van der Waals surface area contributed by atoms with Crippen molar-refractivity contribution in [2.24, 2.45) is 0 Å². The lowest BCUT2D eigenvalue weighted by Crippen LogP contribution is -2.05. The molecule has 2 rings (SSSR count). The van der Waals surface area contributed by atoms with Crippen LogP contribution < -0.4 is 10.5 Å². The van der Waals surface area contributed by atoms with Crippen molar-refractivity contribution in [2.75, 3.05) is 5.73 Å². The smallest absolute Gasteiger partial charge is 0.227 e. The van der Waals surface area contributed by atoms with Crippen LogP contribution in [0.25, 0.3) is 0 Å². The molecular weight excluding hydrogens is 252 g/mol. The second-order valence-corrected chi connectivity index (χ2v) is 4.66. The second kappa shape index (κ2) is 5.86. The lowest BCUT2D eigenvalue weighted by molar-refractivity contribution is 0.446. The maximum atomic E-state index is 5.92. The van der Waals surface area contributed by atoms with Gasteiger partial charge in [-0.05, 0) is 32.4 Å². The van der Waals surface area contributed by atoms with Crippen molar-refractivity contribution >= 4 is 5.82 Å². The third-order valence-corrected chi connectivity index (χ3v) is 3.11. The van der Waals surface area contributed by atoms with Gasteiger partial charge >= 0.3 is 0 Å². The van der Waals surface area contributed by atoms with Gasteiger partial charge in [0.15, 0.2) is 5.75 Å². The average molecular weight is 272 g/mol. The van der Waals surface area contributed by atoms with Crippen LogP contribution in [-0.2, 0) is 12.8 Å². The zero-order chi connectivity index (χ0) is 14.7. The highest BCUT2D eigenvalue weighted by atomic mass is 16.5. The minimum atomic E-state index is 0.463. The van der Waals surface area contributed by atoms with Crippen LogP contribution >= 0.6 is 0 Å². The Morgan fingerprint density at radius 2 is 1.80 bits per heavy atom. The van der Waals surface area contributed by atoms with Gasteiger partial charge in [0, 0.05) is 12.1 Å². The predicted octanol–water partition coefficient (Wildman–Crippen LogP) is 2.99. The fourth-order valence-corrected chi connectivity index (χ4v) is 1.86. The summed E-state index contributed by atoms with van der Waals surface area (Å²) in [6, 6.07) is 3.85. The lowest BCUT2D eigenvalue weighted by atomic mass is 10.2. The molecule has 20 heavy (non-hydrogen) atoms. The van der Waals surface area contributed by atoms with Gasteiger partial charge in [0.25, 0.3) is 0 Å². The van der Waals surface area contributed by atoms with Crippen molar-refractivity contribution in [3.8, 4) is 11.6 Å². The summed E-state index contributed by atoms with van der Waals surface area (Å²) in [5.41, 5.74) is 8.54. The Morgan fingerprint density at radius 1 is 1.05 bits per heavy atom. The van der Waals surface area contributed by atoms with Crippen molar-refractivity contribution in [3.63, 3.8) is 0 Å². The van der Waals surface area contributed by atoms with E-state index in [1.54, 1.807) is 0 Å². The molecule has 0 bridgehead atoms. The highest BCUT2D eigenvalue weighted by Crippen LogP contribution is 2.28. The molecule has 5 heteroatoms. The number of anilines is 1. The third kappa shape index (κ3) is 2.87. The molecule has 2 N–H and O–H groups in total. The number of nitrogens with two attached hydrogens (primary N) is 1. The first-order chi connectivity index (χ1) is 9.55. The first-order valence-corrected chi connectivity index (χ1v) is 6.82. The van der Waals surface area contributed by atoms with Crippen molar-refractivity contribution in [2.45, 2.75) is 40.5 Å². The van der Waals surface area contributed by atoms with E-state index in [2.05, 4.69) is 15.0 Å². The summed E-state index contributed by atoms with van der Waals surface area (Å²) in [6.45, 7) is 7.86. The molecule has 0 fully saturated rings. The molecule has 2 aromatic heterocycles. The van der Waals surface area contributed by atoms with Gasteiger partial charge in [-0.3, -0.25) is 4.98 Å². The van der Waals surface area contributed by atoms with E-state index >= 15 is 0 Å². The van der Waals surface area contributed by atoms with E-state index in [-0.39, 0.29) is 0 Å². The van der Waals surface area contributed by atoms with Gasteiger partial charge in [-0.2, -0.15) is 4.98 Å². The van der Waals surface area contributed by atoms with Crippen molar-refractivity contribution in [1.82, 2.24) is 15.0 Å². The molecule has 2 aromatic rings. The Morgan fingerprint density at radius 3 is 2.45 bits per heavy atom. The number of nitrogens with zero attached hydrogens (tertiary/aromatic N) is 3. The number of pyridine rings is 1. The average Bonchev–Trinajstić information content (AvgIpc) is 2.45. The zero-order valence-electron chi connectivity index (χ0n) is 12.4. The van der Waals surface area contributed by atoms with Crippen molar-refractivity contribution < 1.29 is 4.74 Å². The fourth-order valence-electron chi connectivity index (χ4n) is 1.86. The van der Waals surface area contributed by atoms with E-state index in [0.29, 0.717) is 23.9 Å². The summed E-state index contributed by atoms with van der Waals surface area (Å²) in [4.78, 5) is 13.1. The maximum absolute atomic E-state index is 5.92. The highest BCUT2D eigenvalue weighted by Gasteiger charge is 2.12. The summed E-state index contributed by atoms with van der Waals surface area (Å²) in [6.07, 6.45) is 1.52. The molecule has 0 spiro atoms. The molecule has 0 aromatic carbocycles. The maximum Gasteiger partial charge on any atom is 0.227 e. The standard InChI is InChI=1S/C15H20N4O/c1-5-11-12(8-7-9(3)17-11)20-15-10(4)14(16)18-13(6-2)19-15/h7-8H,5-6H2,1-4H3,(H2,16,18,19). The fraction of sp³-hybridized carbons (Fsp3) is 0.400. The molecule has 0 unspecified atom stereocenters. The van der Waals surface area contributed by atoms with Gasteiger partial charge in [0.05, 0.1) is 11.3 Å². The molecule has 5 nitrogen and oxygen atoms in total. The minimum absolute atomic E-state index is 0.463. The normalized spacial score (nSPS) is 10.6. The third-order valence-electron chi connectivity index (χ3n) is 3.11. The molecule has 0 aliphatic carbocycles. The van der Waals surface area contributed by atoms with E-state index in [9.17, 15) is 0 Å². The molecule has 0 amide bonds. The molecule has 0 aliphatic heterocycles. The molecule has 2 heterocycles. The SMILES string of the molecule is CCc1nc(N)c(C)c(Oc2ccc(C)nc2CC)n1. The number of ether oxygens (including phenoxy) is 1. The van der Waals surface area contributed by atoms with Crippen LogP contribution in [0.5, 0.6) is 11.6 Å². The van der Waals surface area contributed by atoms with Crippen LogP contribution in [0, 0.1) is 13.8 Å². The van der Waals surface area contributed by atoms with Gasteiger partial charge in [0.1, 0.15) is 11.6 Å². The molecule has 0 aliphatic rings. The van der Waals surface area contributed by atoms with E-state index in [0.717, 1.165) is 29.1 Å². The Hall–Kier alpha value is -2.17. The second-order valence-electron chi connectivity index (χ2n) is 4.66. The van der Waals surface area contributed by atoms with E-state index in [1.165, 1.54) is 0 Å². The van der Waals surface area contributed by atoms with Crippen molar-refractivity contribution in [1.29, 1.82) is 0 Å². The van der Waals surface area contributed by atoms with Crippen LogP contribution in [0.4, 0.5) is 5.82 Å². The van der Waals surface area contributed by atoms with Gasteiger partial charge < -0.3 is 10.5 Å². The largest absolute Gasteiger partial charge is 0.437 e. The highest BCUT2D eigenvalue weighted by molar-refractivity contribution is 5.46. The van der Waals surface area contributed by atoms with Crippen LogP contribution in [0.1, 0.15) is 36.6 Å². The zero-order valence-corrected chi connectivity index (χ0v) is 12.4. The molecular formula is C15H20N4O. The quantitative estimate of drug-likeness (QED) is 0.926. The molecule has 0 radical (unpaired) electrons. The summed E-state index contributed by atoms with van der Waals surface area (Å²) < 4.78 is 5.92. The number of nitrogen functional groups attached to an aromatic ring is 1.